The topological polar surface area (TPSA) is 12.0 Å². The van der Waals surface area contributed by atoms with Crippen molar-refractivity contribution >= 4 is 0 Å². The summed E-state index contributed by atoms with van der Waals surface area (Å²) < 4.78 is 0. The standard InChI is InChI=1S/C15H31N/c1-3-4-5-6-7-8-9-10-14-16-15(2)12-11-13-15/h16H,3-14H2,1-2H3. The van der Waals surface area contributed by atoms with E-state index in [1.54, 1.807) is 0 Å². The lowest BCUT2D eigenvalue weighted by atomic mass is 9.78. The minimum atomic E-state index is 0.515. The zero-order valence-corrected chi connectivity index (χ0v) is 11.5. The molecule has 1 saturated carbocycles. The molecule has 0 saturated heterocycles. The Morgan fingerprint density at radius 3 is 1.94 bits per heavy atom. The van der Waals surface area contributed by atoms with Gasteiger partial charge in [-0.15, -0.1) is 0 Å². The van der Waals surface area contributed by atoms with Crippen molar-refractivity contribution in [2.24, 2.45) is 0 Å². The van der Waals surface area contributed by atoms with Crippen molar-refractivity contribution in [1.82, 2.24) is 5.32 Å². The predicted octanol–water partition coefficient (Wildman–Crippen LogP) is 4.66. The minimum absolute atomic E-state index is 0.515. The first-order chi connectivity index (χ1) is 7.77. The van der Waals surface area contributed by atoms with Gasteiger partial charge in [0, 0.05) is 5.54 Å². The second kappa shape index (κ2) is 8.11. The van der Waals surface area contributed by atoms with Gasteiger partial charge in [-0.2, -0.15) is 0 Å². The summed E-state index contributed by atoms with van der Waals surface area (Å²) in [4.78, 5) is 0. The van der Waals surface area contributed by atoms with Crippen LogP contribution in [0.2, 0.25) is 0 Å². The predicted molar refractivity (Wildman–Crippen MR) is 72.9 cm³/mol. The molecule has 0 spiro atoms. The van der Waals surface area contributed by atoms with E-state index >= 15 is 0 Å². The molecular weight excluding hydrogens is 194 g/mol. The third-order valence-electron chi connectivity index (χ3n) is 4.04. The van der Waals surface area contributed by atoms with E-state index in [1.165, 1.54) is 77.2 Å². The van der Waals surface area contributed by atoms with Crippen molar-refractivity contribution in [1.29, 1.82) is 0 Å². The van der Waals surface area contributed by atoms with Crippen molar-refractivity contribution < 1.29 is 0 Å². The Kier molecular flexibility index (Phi) is 7.11. The molecule has 1 rings (SSSR count). The Morgan fingerprint density at radius 1 is 0.875 bits per heavy atom. The second-order valence-electron chi connectivity index (χ2n) is 5.82. The largest absolute Gasteiger partial charge is 0.312 e. The number of nitrogens with one attached hydrogen (secondary N) is 1. The Morgan fingerprint density at radius 2 is 1.44 bits per heavy atom. The van der Waals surface area contributed by atoms with Crippen molar-refractivity contribution in [2.75, 3.05) is 6.54 Å². The summed E-state index contributed by atoms with van der Waals surface area (Å²) in [6.07, 6.45) is 15.6. The highest BCUT2D eigenvalue weighted by Gasteiger charge is 2.30. The van der Waals surface area contributed by atoms with Gasteiger partial charge >= 0.3 is 0 Å². The van der Waals surface area contributed by atoms with Crippen LogP contribution in [0.1, 0.15) is 84.5 Å². The molecule has 0 radical (unpaired) electrons. The Balaban J connectivity index is 1.74. The maximum Gasteiger partial charge on any atom is 0.0153 e. The Labute approximate surface area is 102 Å². The van der Waals surface area contributed by atoms with Gasteiger partial charge in [-0.1, -0.05) is 51.9 Å². The van der Waals surface area contributed by atoms with Crippen LogP contribution in [0.4, 0.5) is 0 Å². The molecule has 1 heteroatoms. The molecule has 96 valence electrons. The Hall–Kier alpha value is -0.0400. The van der Waals surface area contributed by atoms with Gasteiger partial charge in [0.2, 0.25) is 0 Å². The van der Waals surface area contributed by atoms with Crippen LogP contribution in [-0.4, -0.2) is 12.1 Å². The summed E-state index contributed by atoms with van der Waals surface area (Å²) in [7, 11) is 0. The van der Waals surface area contributed by atoms with Crippen molar-refractivity contribution in [3.63, 3.8) is 0 Å². The van der Waals surface area contributed by atoms with Crippen molar-refractivity contribution in [2.45, 2.75) is 90.0 Å². The minimum Gasteiger partial charge on any atom is -0.312 e. The van der Waals surface area contributed by atoms with Crippen LogP contribution in [-0.2, 0) is 0 Å². The molecule has 0 unspecified atom stereocenters. The molecule has 0 atom stereocenters. The quantitative estimate of drug-likeness (QED) is 0.533. The lowest BCUT2D eigenvalue weighted by Gasteiger charge is -2.39. The fraction of sp³-hybridized carbons (Fsp3) is 1.00. The van der Waals surface area contributed by atoms with Crippen LogP contribution in [0.5, 0.6) is 0 Å². The fourth-order valence-corrected chi connectivity index (χ4v) is 2.53. The first-order valence-corrected chi connectivity index (χ1v) is 7.52. The molecule has 16 heavy (non-hydrogen) atoms. The van der Waals surface area contributed by atoms with Crippen LogP contribution in [0.15, 0.2) is 0 Å². The molecule has 1 aliphatic carbocycles. The summed E-state index contributed by atoms with van der Waals surface area (Å²) in [5.74, 6) is 0. The molecular formula is C15H31N. The van der Waals surface area contributed by atoms with Gasteiger partial charge in [-0.05, 0) is 39.2 Å². The van der Waals surface area contributed by atoms with E-state index in [0.717, 1.165) is 0 Å². The second-order valence-corrected chi connectivity index (χ2v) is 5.82. The van der Waals surface area contributed by atoms with E-state index in [4.69, 9.17) is 0 Å². The molecule has 0 amide bonds. The monoisotopic (exact) mass is 225 g/mol. The number of hydrogen-bond donors (Lipinski definition) is 1. The molecule has 0 bridgehead atoms. The molecule has 1 fully saturated rings. The van der Waals surface area contributed by atoms with E-state index < -0.39 is 0 Å². The number of rotatable bonds is 10. The number of unbranched alkanes of at least 4 members (excludes halogenated alkanes) is 7. The van der Waals surface area contributed by atoms with Crippen LogP contribution in [0, 0.1) is 0 Å². The van der Waals surface area contributed by atoms with Gasteiger partial charge in [-0.3, -0.25) is 0 Å². The van der Waals surface area contributed by atoms with Crippen LogP contribution < -0.4 is 5.32 Å². The SMILES string of the molecule is CCCCCCCCCCNC1(C)CCC1. The average molecular weight is 225 g/mol. The van der Waals surface area contributed by atoms with Gasteiger partial charge < -0.3 is 5.32 Å². The van der Waals surface area contributed by atoms with Gasteiger partial charge in [0.15, 0.2) is 0 Å². The molecule has 0 aromatic rings. The van der Waals surface area contributed by atoms with E-state index in [1.807, 2.05) is 0 Å². The maximum absolute atomic E-state index is 3.71. The highest BCUT2D eigenvalue weighted by atomic mass is 15.0. The van der Waals surface area contributed by atoms with E-state index in [0.29, 0.717) is 5.54 Å². The third-order valence-corrected chi connectivity index (χ3v) is 4.04. The molecule has 0 heterocycles. The summed E-state index contributed by atoms with van der Waals surface area (Å²) in [6, 6.07) is 0. The van der Waals surface area contributed by atoms with Gasteiger partial charge in [0.25, 0.3) is 0 Å². The van der Waals surface area contributed by atoms with Crippen LogP contribution in [0.25, 0.3) is 0 Å². The number of hydrogen-bond acceptors (Lipinski definition) is 1. The lowest BCUT2D eigenvalue weighted by molar-refractivity contribution is 0.208. The zero-order valence-electron chi connectivity index (χ0n) is 11.5. The van der Waals surface area contributed by atoms with Gasteiger partial charge in [0.05, 0.1) is 0 Å². The van der Waals surface area contributed by atoms with E-state index in [2.05, 4.69) is 19.2 Å². The summed E-state index contributed by atoms with van der Waals surface area (Å²) >= 11 is 0. The lowest BCUT2D eigenvalue weighted by Crippen LogP contribution is -2.48. The Bertz CT molecular complexity index is 161. The highest BCUT2D eigenvalue weighted by Crippen LogP contribution is 2.30. The summed E-state index contributed by atoms with van der Waals surface area (Å²) in [5.41, 5.74) is 0.515. The van der Waals surface area contributed by atoms with Crippen LogP contribution >= 0.6 is 0 Å². The first kappa shape index (κ1) is 14.0. The van der Waals surface area contributed by atoms with E-state index in [9.17, 15) is 0 Å². The molecule has 1 nitrogen and oxygen atoms in total. The summed E-state index contributed by atoms with van der Waals surface area (Å²) in [5, 5.41) is 3.71. The van der Waals surface area contributed by atoms with Crippen molar-refractivity contribution in [3.05, 3.63) is 0 Å². The molecule has 0 aliphatic heterocycles. The molecule has 1 N–H and O–H groups in total. The molecule has 0 aromatic heterocycles. The van der Waals surface area contributed by atoms with E-state index in [-0.39, 0.29) is 0 Å². The normalized spacial score (nSPS) is 18.4. The molecule has 1 aliphatic rings. The fourth-order valence-electron chi connectivity index (χ4n) is 2.53. The summed E-state index contributed by atoms with van der Waals surface area (Å²) in [6.45, 7) is 5.90. The first-order valence-electron chi connectivity index (χ1n) is 7.52. The van der Waals surface area contributed by atoms with Gasteiger partial charge in [0.1, 0.15) is 0 Å². The maximum atomic E-state index is 3.71. The molecule has 0 aromatic carbocycles. The highest BCUT2D eigenvalue weighted by molar-refractivity contribution is 4.91. The zero-order chi connectivity index (χ0) is 11.7. The average Bonchev–Trinajstić information content (AvgIpc) is 2.24. The smallest absolute Gasteiger partial charge is 0.0153 e. The third kappa shape index (κ3) is 5.89. The van der Waals surface area contributed by atoms with Crippen molar-refractivity contribution in [3.8, 4) is 0 Å². The van der Waals surface area contributed by atoms with Gasteiger partial charge in [-0.25, -0.2) is 0 Å². The van der Waals surface area contributed by atoms with Crippen LogP contribution in [0.3, 0.4) is 0 Å².